The average molecular weight is 481 g/mol. The molecule has 0 aliphatic rings. The fourth-order valence-corrected chi connectivity index (χ4v) is 5.29. The number of amides is 1. The van der Waals surface area contributed by atoms with Crippen LogP contribution in [0.25, 0.3) is 0 Å². The summed E-state index contributed by atoms with van der Waals surface area (Å²) in [5, 5.41) is 2.71. The highest BCUT2D eigenvalue weighted by Gasteiger charge is 2.26. The lowest BCUT2D eigenvalue weighted by Gasteiger charge is -2.24. The molecular weight excluding hydrogens is 452 g/mol. The van der Waals surface area contributed by atoms with Crippen molar-refractivity contribution in [3.63, 3.8) is 0 Å². The van der Waals surface area contributed by atoms with Crippen LogP contribution in [0.15, 0.2) is 71.6 Å². The third-order valence-corrected chi connectivity index (χ3v) is 7.36. The van der Waals surface area contributed by atoms with Crippen molar-refractivity contribution in [2.75, 3.05) is 22.8 Å². The van der Waals surface area contributed by atoms with Gasteiger partial charge in [-0.1, -0.05) is 42.0 Å². The topological polar surface area (TPSA) is 92.8 Å². The molecule has 0 aliphatic carbocycles. The zero-order chi connectivity index (χ0) is 24.9. The Morgan fingerprint density at radius 3 is 2.26 bits per heavy atom. The van der Waals surface area contributed by atoms with Crippen molar-refractivity contribution < 1.29 is 22.7 Å². The Balaban J connectivity index is 1.76. The highest BCUT2D eigenvalue weighted by molar-refractivity contribution is 7.92. The van der Waals surface area contributed by atoms with Crippen LogP contribution in [0.3, 0.4) is 0 Å². The number of nitrogens with zero attached hydrogens (tertiary/aromatic N) is 1. The molecule has 178 valence electrons. The quantitative estimate of drug-likeness (QED) is 0.475. The van der Waals surface area contributed by atoms with E-state index in [0.717, 1.165) is 11.1 Å². The van der Waals surface area contributed by atoms with Crippen molar-refractivity contribution in [1.29, 1.82) is 0 Å². The summed E-state index contributed by atoms with van der Waals surface area (Å²) < 4.78 is 33.2. The van der Waals surface area contributed by atoms with Crippen LogP contribution in [-0.4, -0.2) is 33.4 Å². The van der Waals surface area contributed by atoms with Crippen LogP contribution in [0.5, 0.6) is 0 Å². The van der Waals surface area contributed by atoms with E-state index in [0.29, 0.717) is 16.9 Å². The number of carbonyl (C=O) groups is 2. The van der Waals surface area contributed by atoms with E-state index in [1.165, 1.54) is 16.4 Å². The van der Waals surface area contributed by atoms with E-state index in [-0.39, 0.29) is 17.0 Å². The summed E-state index contributed by atoms with van der Waals surface area (Å²) in [6, 6.07) is 18.7. The van der Waals surface area contributed by atoms with Crippen molar-refractivity contribution >= 4 is 33.3 Å². The van der Waals surface area contributed by atoms with Crippen molar-refractivity contribution in [2.24, 2.45) is 0 Å². The molecule has 1 amide bonds. The lowest BCUT2D eigenvalue weighted by atomic mass is 10.1. The first-order valence-corrected chi connectivity index (χ1v) is 12.3. The summed E-state index contributed by atoms with van der Waals surface area (Å²) in [4.78, 5) is 24.9. The van der Waals surface area contributed by atoms with E-state index in [1.807, 2.05) is 32.0 Å². The molecule has 0 aliphatic heterocycles. The number of rotatable bonds is 8. The maximum Gasteiger partial charge on any atom is 0.338 e. The lowest BCUT2D eigenvalue weighted by molar-refractivity contribution is -0.119. The van der Waals surface area contributed by atoms with Gasteiger partial charge in [0.1, 0.15) is 0 Å². The fraction of sp³-hybridized carbons (Fsp3) is 0.231. The molecule has 8 heteroatoms. The van der Waals surface area contributed by atoms with Crippen LogP contribution >= 0.6 is 0 Å². The van der Waals surface area contributed by atoms with Gasteiger partial charge < -0.3 is 10.1 Å². The fourth-order valence-electron chi connectivity index (χ4n) is 3.56. The Morgan fingerprint density at radius 2 is 1.62 bits per heavy atom. The van der Waals surface area contributed by atoms with Gasteiger partial charge in [0.15, 0.2) is 6.61 Å². The second-order valence-electron chi connectivity index (χ2n) is 7.93. The number of hydrogen-bond donors (Lipinski definition) is 1. The van der Waals surface area contributed by atoms with Crippen LogP contribution in [-0.2, 0) is 19.6 Å². The molecule has 0 saturated carbocycles. The Kier molecular flexibility index (Phi) is 7.73. The summed E-state index contributed by atoms with van der Waals surface area (Å²) in [6.07, 6.45) is 0. The number of ether oxygens (including phenoxy) is 1. The van der Waals surface area contributed by atoms with E-state index in [4.69, 9.17) is 4.74 Å². The smallest absolute Gasteiger partial charge is 0.338 e. The van der Waals surface area contributed by atoms with Gasteiger partial charge in [0.05, 0.1) is 16.1 Å². The van der Waals surface area contributed by atoms with Crippen molar-refractivity contribution in [1.82, 2.24) is 0 Å². The first-order valence-electron chi connectivity index (χ1n) is 10.9. The van der Waals surface area contributed by atoms with Gasteiger partial charge in [0.25, 0.3) is 15.9 Å². The third-order valence-electron chi connectivity index (χ3n) is 5.31. The van der Waals surface area contributed by atoms with Gasteiger partial charge >= 0.3 is 5.97 Å². The molecule has 0 spiro atoms. The van der Waals surface area contributed by atoms with Gasteiger partial charge in [-0.3, -0.25) is 9.10 Å². The summed E-state index contributed by atoms with van der Waals surface area (Å²) in [5.41, 5.74) is 3.68. The molecule has 3 rings (SSSR count). The van der Waals surface area contributed by atoms with Gasteiger partial charge in [-0.2, -0.15) is 0 Å². The number of carbonyl (C=O) groups excluding carboxylic acids is 2. The number of aryl methyl sites for hydroxylation is 3. The zero-order valence-corrected chi connectivity index (χ0v) is 20.5. The molecule has 0 saturated heterocycles. The molecule has 0 fully saturated rings. The van der Waals surface area contributed by atoms with Crippen LogP contribution in [0.1, 0.15) is 34.0 Å². The van der Waals surface area contributed by atoms with E-state index < -0.39 is 28.5 Å². The Labute approximate surface area is 200 Å². The highest BCUT2D eigenvalue weighted by atomic mass is 32.2. The summed E-state index contributed by atoms with van der Waals surface area (Å²) in [7, 11) is -3.92. The van der Waals surface area contributed by atoms with Gasteiger partial charge in [0, 0.05) is 12.2 Å². The first kappa shape index (κ1) is 25.0. The van der Waals surface area contributed by atoms with Crippen LogP contribution in [0.2, 0.25) is 0 Å². The average Bonchev–Trinajstić information content (AvgIpc) is 2.80. The van der Waals surface area contributed by atoms with Crippen LogP contribution < -0.4 is 9.62 Å². The van der Waals surface area contributed by atoms with Crippen molar-refractivity contribution in [2.45, 2.75) is 32.6 Å². The molecule has 0 atom stereocenters. The minimum absolute atomic E-state index is 0.00684. The predicted molar refractivity (Wildman–Crippen MR) is 133 cm³/mol. The van der Waals surface area contributed by atoms with Gasteiger partial charge in [-0.05, 0) is 69.2 Å². The number of esters is 1. The lowest BCUT2D eigenvalue weighted by Crippen LogP contribution is -2.31. The summed E-state index contributed by atoms with van der Waals surface area (Å²) in [5.74, 6) is -1.27. The molecule has 7 nitrogen and oxygen atoms in total. The Hall–Kier alpha value is -3.65. The molecule has 3 aromatic rings. The number of benzene rings is 3. The summed E-state index contributed by atoms with van der Waals surface area (Å²) in [6.45, 7) is 6.96. The highest BCUT2D eigenvalue weighted by Crippen LogP contribution is 2.26. The van der Waals surface area contributed by atoms with Gasteiger partial charge in [-0.15, -0.1) is 0 Å². The number of nitrogens with one attached hydrogen (secondary N) is 1. The van der Waals surface area contributed by atoms with E-state index in [1.54, 1.807) is 50.2 Å². The molecule has 1 N–H and O–H groups in total. The van der Waals surface area contributed by atoms with Gasteiger partial charge in [-0.25, -0.2) is 13.2 Å². The molecule has 34 heavy (non-hydrogen) atoms. The van der Waals surface area contributed by atoms with E-state index in [9.17, 15) is 18.0 Å². The zero-order valence-electron chi connectivity index (χ0n) is 19.7. The maximum atomic E-state index is 13.4. The predicted octanol–water partition coefficient (Wildman–Crippen LogP) is 4.62. The normalized spacial score (nSPS) is 11.1. The Morgan fingerprint density at radius 1 is 0.912 bits per heavy atom. The van der Waals surface area contributed by atoms with Crippen LogP contribution in [0.4, 0.5) is 11.4 Å². The Bertz CT molecular complexity index is 1300. The SMILES string of the molecule is CCN(c1ccccc1)S(=O)(=O)c1cc(C(=O)OCC(=O)Nc2ccc(C)cc2C)ccc1C. The maximum absolute atomic E-state index is 13.4. The van der Waals surface area contributed by atoms with Crippen molar-refractivity contribution in [3.8, 4) is 0 Å². The number of sulfonamides is 1. The molecule has 0 radical (unpaired) electrons. The summed E-state index contributed by atoms with van der Waals surface area (Å²) >= 11 is 0. The van der Waals surface area contributed by atoms with Crippen LogP contribution in [0, 0.1) is 20.8 Å². The molecule has 0 heterocycles. The largest absolute Gasteiger partial charge is 0.452 e. The van der Waals surface area contributed by atoms with Crippen molar-refractivity contribution in [3.05, 3.63) is 89.0 Å². The standard InChI is InChI=1S/C26H28N2O5S/c1-5-28(22-9-7-6-8-10-22)34(31,32)24-16-21(13-12-19(24)3)26(30)33-17-25(29)27-23-14-11-18(2)15-20(23)4/h6-16H,5,17H2,1-4H3,(H,27,29). The number of hydrogen-bond acceptors (Lipinski definition) is 5. The minimum Gasteiger partial charge on any atom is -0.452 e. The second-order valence-corrected chi connectivity index (χ2v) is 9.76. The molecular formula is C26H28N2O5S. The first-order chi connectivity index (χ1) is 16.1. The van der Waals surface area contributed by atoms with Gasteiger partial charge in [0.2, 0.25) is 0 Å². The molecule has 0 unspecified atom stereocenters. The minimum atomic E-state index is -3.92. The molecule has 0 aromatic heterocycles. The monoisotopic (exact) mass is 480 g/mol. The van der Waals surface area contributed by atoms with E-state index in [2.05, 4.69) is 5.32 Å². The molecule has 0 bridgehead atoms. The number of anilines is 2. The molecule has 3 aromatic carbocycles. The second kappa shape index (κ2) is 10.5. The number of para-hydroxylation sites is 1. The van der Waals surface area contributed by atoms with E-state index >= 15 is 0 Å². The third kappa shape index (κ3) is 5.63.